The summed E-state index contributed by atoms with van der Waals surface area (Å²) in [6, 6.07) is 9.27. The number of pyridine rings is 1. The lowest BCUT2D eigenvalue weighted by atomic mass is 9.88. The van der Waals surface area contributed by atoms with Gasteiger partial charge in [0.1, 0.15) is 0 Å². The third kappa shape index (κ3) is 5.69. The summed E-state index contributed by atoms with van der Waals surface area (Å²) in [4.78, 5) is 33.8. The number of nitrogens with one attached hydrogen (secondary N) is 2. The average Bonchev–Trinajstić information content (AvgIpc) is 2.83. The van der Waals surface area contributed by atoms with E-state index in [2.05, 4.69) is 59.3 Å². The molecule has 6 heteroatoms. The molecule has 4 rings (SSSR count). The minimum atomic E-state index is -0.117. The molecule has 1 aromatic carbocycles. The van der Waals surface area contributed by atoms with E-state index in [0.717, 1.165) is 42.6 Å². The molecule has 2 aromatic rings. The van der Waals surface area contributed by atoms with E-state index in [-0.39, 0.29) is 18.0 Å². The zero-order valence-electron chi connectivity index (χ0n) is 21.7. The van der Waals surface area contributed by atoms with Gasteiger partial charge in [-0.05, 0) is 102 Å². The molecule has 0 radical (unpaired) electrons. The molecule has 0 atom stereocenters. The summed E-state index contributed by atoms with van der Waals surface area (Å²) in [5, 5.41) is 3.05. The summed E-state index contributed by atoms with van der Waals surface area (Å²) in [5.74, 6) is -0.117. The zero-order valence-corrected chi connectivity index (χ0v) is 21.7. The van der Waals surface area contributed by atoms with Gasteiger partial charge in [0.15, 0.2) is 0 Å². The molecule has 1 fully saturated rings. The number of hydrogen-bond acceptors (Lipinski definition) is 4. The largest absolute Gasteiger partial charge is 0.369 e. The molecule has 1 saturated carbocycles. The van der Waals surface area contributed by atoms with E-state index < -0.39 is 0 Å². The lowest BCUT2D eigenvalue weighted by Gasteiger charge is -2.40. The van der Waals surface area contributed by atoms with Crippen molar-refractivity contribution >= 4 is 11.6 Å². The molecule has 0 bridgehead atoms. The highest BCUT2D eigenvalue weighted by molar-refractivity contribution is 5.97. The Morgan fingerprint density at radius 2 is 1.74 bits per heavy atom. The molecule has 35 heavy (non-hydrogen) atoms. The molecule has 0 spiro atoms. The van der Waals surface area contributed by atoms with Gasteiger partial charge in [-0.15, -0.1) is 0 Å². The number of aryl methyl sites for hydroxylation is 2. The first-order valence-corrected chi connectivity index (χ1v) is 13.1. The number of aromatic nitrogens is 1. The van der Waals surface area contributed by atoms with Crippen molar-refractivity contribution in [1.29, 1.82) is 0 Å². The number of carbonyl (C=O) groups is 1. The SMILES string of the molecule is CCN(c1cccc2c1CC=CCCc1cc(C)[nH]c(=O)c1CNC2=O)[C@H]1CC[C@H](N(C)C)CC1. The molecule has 1 aliphatic heterocycles. The second kappa shape index (κ2) is 11.3. The Hall–Kier alpha value is -2.86. The van der Waals surface area contributed by atoms with Crippen LogP contribution in [0.25, 0.3) is 0 Å². The second-order valence-electron chi connectivity index (χ2n) is 10.2. The first kappa shape index (κ1) is 25.2. The molecule has 1 aliphatic carbocycles. The van der Waals surface area contributed by atoms with Gasteiger partial charge in [-0.2, -0.15) is 0 Å². The molecule has 2 N–H and O–H groups in total. The summed E-state index contributed by atoms with van der Waals surface area (Å²) >= 11 is 0. The highest BCUT2D eigenvalue weighted by Crippen LogP contribution is 2.33. The van der Waals surface area contributed by atoms with Crippen LogP contribution in [0, 0.1) is 6.92 Å². The minimum Gasteiger partial charge on any atom is -0.369 e. The third-order valence-electron chi connectivity index (χ3n) is 7.74. The van der Waals surface area contributed by atoms with E-state index >= 15 is 0 Å². The third-order valence-corrected chi connectivity index (χ3v) is 7.74. The Balaban J connectivity index is 1.64. The lowest BCUT2D eigenvalue weighted by molar-refractivity contribution is 0.0950. The molecule has 6 nitrogen and oxygen atoms in total. The Labute approximate surface area is 209 Å². The highest BCUT2D eigenvalue weighted by Gasteiger charge is 2.28. The number of benzene rings is 1. The van der Waals surface area contributed by atoms with Crippen molar-refractivity contribution in [3.8, 4) is 0 Å². The summed E-state index contributed by atoms with van der Waals surface area (Å²) in [7, 11) is 4.36. The first-order valence-electron chi connectivity index (χ1n) is 13.1. The van der Waals surface area contributed by atoms with Gasteiger partial charge in [-0.3, -0.25) is 9.59 Å². The van der Waals surface area contributed by atoms with Crippen LogP contribution in [0.4, 0.5) is 5.69 Å². The van der Waals surface area contributed by atoms with E-state index in [1.54, 1.807) is 0 Å². The number of fused-ring (bicyclic) bond motifs is 2. The molecule has 1 aromatic heterocycles. The Kier molecular flexibility index (Phi) is 8.11. The first-order chi connectivity index (χ1) is 16.9. The monoisotopic (exact) mass is 476 g/mol. The van der Waals surface area contributed by atoms with Gasteiger partial charge < -0.3 is 20.1 Å². The van der Waals surface area contributed by atoms with Crippen LogP contribution in [0.2, 0.25) is 0 Å². The van der Waals surface area contributed by atoms with Crippen LogP contribution in [0.5, 0.6) is 0 Å². The lowest BCUT2D eigenvalue weighted by Crippen LogP contribution is -2.42. The fourth-order valence-corrected chi connectivity index (χ4v) is 5.81. The normalized spacial score (nSPS) is 20.9. The van der Waals surface area contributed by atoms with Crippen molar-refractivity contribution in [2.24, 2.45) is 0 Å². The topological polar surface area (TPSA) is 68.4 Å². The quantitative estimate of drug-likeness (QED) is 0.644. The van der Waals surface area contributed by atoms with Gasteiger partial charge in [-0.25, -0.2) is 0 Å². The molecule has 2 aliphatic rings. The number of H-pyrrole nitrogens is 1. The number of aromatic amines is 1. The van der Waals surface area contributed by atoms with E-state index in [1.165, 1.54) is 31.4 Å². The van der Waals surface area contributed by atoms with Crippen LogP contribution in [0.3, 0.4) is 0 Å². The Bertz CT molecular complexity index is 1130. The fourth-order valence-electron chi connectivity index (χ4n) is 5.81. The van der Waals surface area contributed by atoms with Crippen LogP contribution >= 0.6 is 0 Å². The molecule has 0 saturated heterocycles. The Morgan fingerprint density at radius 1 is 1.00 bits per heavy atom. The standard InChI is InChI=1S/C29H40N4O2/c1-5-33(23-16-14-22(15-17-23)32(3)4)27-13-9-12-25-24(27)11-8-6-7-10-21-18-20(2)31-29(35)26(21)19-30-28(25)34/h6,8-9,12-13,18,22-23H,5,7,10-11,14-17,19H2,1-4H3,(H,30,34)(H,31,35)/t22-,23-. The smallest absolute Gasteiger partial charge is 0.253 e. The maximum absolute atomic E-state index is 13.4. The predicted molar refractivity (Wildman–Crippen MR) is 143 cm³/mol. The van der Waals surface area contributed by atoms with Gasteiger partial charge >= 0.3 is 0 Å². The molecular weight excluding hydrogens is 436 g/mol. The van der Waals surface area contributed by atoms with Crippen molar-refractivity contribution < 1.29 is 4.79 Å². The maximum atomic E-state index is 13.4. The zero-order chi connectivity index (χ0) is 24.9. The second-order valence-corrected chi connectivity index (χ2v) is 10.2. The summed E-state index contributed by atoms with van der Waals surface area (Å²) < 4.78 is 0. The number of nitrogens with zero attached hydrogens (tertiary/aromatic N) is 2. The van der Waals surface area contributed by atoms with Gasteiger partial charge in [0, 0.05) is 47.7 Å². The fraction of sp³-hybridized carbons (Fsp3) is 0.517. The van der Waals surface area contributed by atoms with Gasteiger partial charge in [0.2, 0.25) is 0 Å². The van der Waals surface area contributed by atoms with Gasteiger partial charge in [0.05, 0.1) is 0 Å². The minimum absolute atomic E-state index is 0.110. The molecule has 188 valence electrons. The average molecular weight is 477 g/mol. The van der Waals surface area contributed by atoms with E-state index in [4.69, 9.17) is 0 Å². The van der Waals surface area contributed by atoms with Crippen molar-refractivity contribution in [3.63, 3.8) is 0 Å². The van der Waals surface area contributed by atoms with Crippen LogP contribution in [-0.2, 0) is 19.4 Å². The predicted octanol–water partition coefficient (Wildman–Crippen LogP) is 4.36. The summed E-state index contributed by atoms with van der Waals surface area (Å²) in [5.41, 5.74) is 5.37. The van der Waals surface area contributed by atoms with Crippen molar-refractivity contribution in [2.75, 3.05) is 25.5 Å². The summed E-state index contributed by atoms with van der Waals surface area (Å²) in [6.45, 7) is 5.27. The van der Waals surface area contributed by atoms with Crippen LogP contribution < -0.4 is 15.8 Å². The maximum Gasteiger partial charge on any atom is 0.253 e. The van der Waals surface area contributed by atoms with Crippen LogP contribution in [0.15, 0.2) is 41.2 Å². The van der Waals surface area contributed by atoms with Crippen LogP contribution in [0.1, 0.15) is 71.8 Å². The number of amides is 1. The number of carbonyl (C=O) groups excluding carboxylic acids is 1. The number of rotatable bonds is 4. The van der Waals surface area contributed by atoms with E-state index in [1.807, 2.05) is 25.1 Å². The van der Waals surface area contributed by atoms with Crippen LogP contribution in [-0.4, -0.2) is 48.5 Å². The number of hydrogen-bond donors (Lipinski definition) is 2. The van der Waals surface area contributed by atoms with Crippen molar-refractivity contribution in [3.05, 3.63) is 74.7 Å². The number of anilines is 1. The van der Waals surface area contributed by atoms with E-state index in [9.17, 15) is 9.59 Å². The molecule has 1 amide bonds. The van der Waals surface area contributed by atoms with Crippen molar-refractivity contribution in [2.45, 2.75) is 77.4 Å². The summed E-state index contributed by atoms with van der Waals surface area (Å²) in [6.07, 6.45) is 11.5. The number of allylic oxidation sites excluding steroid dienone is 2. The molecule has 2 heterocycles. The van der Waals surface area contributed by atoms with Gasteiger partial charge in [0.25, 0.3) is 11.5 Å². The van der Waals surface area contributed by atoms with Crippen molar-refractivity contribution in [1.82, 2.24) is 15.2 Å². The highest BCUT2D eigenvalue weighted by atomic mass is 16.1. The van der Waals surface area contributed by atoms with E-state index in [0.29, 0.717) is 23.2 Å². The molecular formula is C29H40N4O2. The molecule has 0 unspecified atom stereocenters. The van der Waals surface area contributed by atoms with Gasteiger partial charge in [-0.1, -0.05) is 18.2 Å². The Morgan fingerprint density at radius 3 is 2.46 bits per heavy atom.